The quantitative estimate of drug-likeness (QED) is 0.657. The van der Waals surface area contributed by atoms with Gasteiger partial charge in [-0.15, -0.1) is 0 Å². The van der Waals surface area contributed by atoms with E-state index in [1.807, 2.05) is 18.4 Å². The first kappa shape index (κ1) is 21.1. The third-order valence-corrected chi connectivity index (χ3v) is 4.79. The molecule has 144 valence electrons. The predicted molar refractivity (Wildman–Crippen MR) is 106 cm³/mol. The van der Waals surface area contributed by atoms with Gasteiger partial charge in [0, 0.05) is 26.0 Å². The van der Waals surface area contributed by atoms with E-state index in [1.165, 1.54) is 0 Å². The van der Waals surface area contributed by atoms with Gasteiger partial charge in [0.2, 0.25) is 0 Å². The minimum atomic E-state index is -0.409. The number of para-hydroxylation sites is 1. The zero-order valence-corrected chi connectivity index (χ0v) is 16.9. The van der Waals surface area contributed by atoms with Crippen LogP contribution in [0.15, 0.2) is 18.2 Å². The zero-order valence-electron chi connectivity index (χ0n) is 15.4. The maximum absolute atomic E-state index is 12.4. The molecule has 0 radical (unpaired) electrons. The van der Waals surface area contributed by atoms with Crippen LogP contribution in [0.5, 0.6) is 5.75 Å². The molecular formula is C19H21Cl2N3O3. The number of ether oxygens (including phenoxy) is 2. The molecule has 0 aliphatic rings. The summed E-state index contributed by atoms with van der Waals surface area (Å²) < 4.78 is 12.5. The Bertz CT molecular complexity index is 852. The average molecular weight is 410 g/mol. The molecule has 0 aliphatic carbocycles. The SMILES string of the molecule is COCCCn1c(C)c(C)c(C#N)c1NC(=O)COc1c(Cl)cccc1Cl. The van der Waals surface area contributed by atoms with E-state index in [1.54, 1.807) is 25.3 Å². The fraction of sp³-hybridized carbons (Fsp3) is 0.368. The van der Waals surface area contributed by atoms with Crippen LogP contribution in [0.25, 0.3) is 0 Å². The van der Waals surface area contributed by atoms with E-state index in [-0.39, 0.29) is 12.4 Å². The first-order chi connectivity index (χ1) is 12.9. The van der Waals surface area contributed by atoms with Gasteiger partial charge in [-0.1, -0.05) is 29.3 Å². The summed E-state index contributed by atoms with van der Waals surface area (Å²) in [6.45, 7) is 4.69. The number of benzene rings is 1. The van der Waals surface area contributed by atoms with Crippen molar-refractivity contribution in [1.29, 1.82) is 5.26 Å². The van der Waals surface area contributed by atoms with Gasteiger partial charge in [-0.2, -0.15) is 5.26 Å². The Labute approximate surface area is 168 Å². The zero-order chi connectivity index (χ0) is 20.0. The van der Waals surface area contributed by atoms with Crippen molar-refractivity contribution in [2.75, 3.05) is 25.6 Å². The molecule has 2 rings (SSSR count). The molecule has 0 spiro atoms. The first-order valence-corrected chi connectivity index (χ1v) is 9.11. The van der Waals surface area contributed by atoms with Gasteiger partial charge in [0.25, 0.3) is 5.91 Å². The van der Waals surface area contributed by atoms with E-state index in [0.717, 1.165) is 17.7 Å². The molecule has 8 heteroatoms. The molecule has 0 aliphatic heterocycles. The summed E-state index contributed by atoms with van der Waals surface area (Å²) >= 11 is 12.1. The molecule has 0 saturated heterocycles. The lowest BCUT2D eigenvalue weighted by atomic mass is 10.2. The van der Waals surface area contributed by atoms with Crippen molar-refractivity contribution < 1.29 is 14.3 Å². The number of carbonyl (C=O) groups is 1. The highest BCUT2D eigenvalue weighted by Gasteiger charge is 2.20. The highest BCUT2D eigenvalue weighted by atomic mass is 35.5. The highest BCUT2D eigenvalue weighted by molar-refractivity contribution is 6.37. The van der Waals surface area contributed by atoms with Gasteiger partial charge in [-0.25, -0.2) is 0 Å². The molecule has 1 aromatic heterocycles. The molecule has 2 aromatic rings. The lowest BCUT2D eigenvalue weighted by molar-refractivity contribution is -0.118. The standard InChI is InChI=1S/C19H21Cl2N3O3/c1-12-13(2)24(8-5-9-26-3)19(14(12)10-22)23-17(25)11-27-18-15(20)6-4-7-16(18)21/h4,6-7H,5,8-9,11H2,1-3H3,(H,23,25). The van der Waals surface area contributed by atoms with Crippen molar-refractivity contribution in [3.05, 3.63) is 45.1 Å². The van der Waals surface area contributed by atoms with Gasteiger partial charge >= 0.3 is 0 Å². The maximum Gasteiger partial charge on any atom is 0.263 e. The lowest BCUT2D eigenvalue weighted by Crippen LogP contribution is -2.23. The second kappa shape index (κ2) is 9.65. The van der Waals surface area contributed by atoms with Gasteiger partial charge in [-0.3, -0.25) is 4.79 Å². The number of nitrogens with zero attached hydrogens (tertiary/aromatic N) is 2. The van der Waals surface area contributed by atoms with Crippen molar-refractivity contribution in [2.24, 2.45) is 0 Å². The van der Waals surface area contributed by atoms with E-state index in [0.29, 0.717) is 34.6 Å². The van der Waals surface area contributed by atoms with Crippen molar-refractivity contribution in [3.8, 4) is 11.8 Å². The van der Waals surface area contributed by atoms with Crippen LogP contribution < -0.4 is 10.1 Å². The van der Waals surface area contributed by atoms with Crippen molar-refractivity contribution >= 4 is 34.9 Å². The van der Waals surface area contributed by atoms with E-state index >= 15 is 0 Å². The summed E-state index contributed by atoms with van der Waals surface area (Å²) in [7, 11) is 1.63. The number of amides is 1. The van der Waals surface area contributed by atoms with Gasteiger partial charge in [-0.05, 0) is 38.0 Å². The first-order valence-electron chi connectivity index (χ1n) is 8.36. The Morgan fingerprint density at radius 2 is 1.96 bits per heavy atom. The summed E-state index contributed by atoms with van der Waals surface area (Å²) in [5, 5.41) is 12.9. The van der Waals surface area contributed by atoms with E-state index < -0.39 is 5.91 Å². The third kappa shape index (κ3) is 4.95. The Morgan fingerprint density at radius 1 is 1.30 bits per heavy atom. The van der Waals surface area contributed by atoms with Crippen molar-refractivity contribution in [3.63, 3.8) is 0 Å². The number of halogens is 2. The minimum Gasteiger partial charge on any atom is -0.481 e. The molecule has 1 amide bonds. The molecule has 0 fully saturated rings. The van der Waals surface area contributed by atoms with Crippen LogP contribution in [0.2, 0.25) is 10.0 Å². The predicted octanol–water partition coefficient (Wildman–Crippen LogP) is 4.34. The lowest BCUT2D eigenvalue weighted by Gasteiger charge is -2.14. The second-order valence-electron chi connectivity index (χ2n) is 5.93. The summed E-state index contributed by atoms with van der Waals surface area (Å²) in [5.41, 5.74) is 2.20. The Hall–Kier alpha value is -2.20. The smallest absolute Gasteiger partial charge is 0.263 e. The van der Waals surface area contributed by atoms with E-state index in [2.05, 4.69) is 11.4 Å². The van der Waals surface area contributed by atoms with Gasteiger partial charge < -0.3 is 19.4 Å². The van der Waals surface area contributed by atoms with Crippen LogP contribution in [0, 0.1) is 25.2 Å². The Kier molecular flexibility index (Phi) is 7.55. The fourth-order valence-corrected chi connectivity index (χ4v) is 3.21. The summed E-state index contributed by atoms with van der Waals surface area (Å²) in [6.07, 6.45) is 0.755. The fourth-order valence-electron chi connectivity index (χ4n) is 2.70. The largest absolute Gasteiger partial charge is 0.481 e. The third-order valence-electron chi connectivity index (χ3n) is 4.20. The van der Waals surface area contributed by atoms with Crippen LogP contribution in [0.4, 0.5) is 5.82 Å². The van der Waals surface area contributed by atoms with Gasteiger partial charge in [0.1, 0.15) is 11.9 Å². The van der Waals surface area contributed by atoms with E-state index in [9.17, 15) is 10.1 Å². The molecule has 6 nitrogen and oxygen atoms in total. The number of nitrogens with one attached hydrogen (secondary N) is 1. The molecule has 0 bridgehead atoms. The molecular weight excluding hydrogens is 389 g/mol. The highest BCUT2D eigenvalue weighted by Crippen LogP contribution is 2.32. The van der Waals surface area contributed by atoms with Crippen molar-refractivity contribution in [2.45, 2.75) is 26.8 Å². The number of hydrogen-bond donors (Lipinski definition) is 1. The Balaban J connectivity index is 2.16. The number of carbonyl (C=O) groups excluding carboxylic acids is 1. The summed E-state index contributed by atoms with van der Waals surface area (Å²) in [5.74, 6) is 0.301. The van der Waals surface area contributed by atoms with Crippen LogP contribution >= 0.6 is 23.2 Å². The molecule has 0 unspecified atom stereocenters. The molecule has 1 heterocycles. The number of hydrogen-bond acceptors (Lipinski definition) is 4. The summed E-state index contributed by atoms with van der Waals surface area (Å²) in [4.78, 5) is 12.4. The van der Waals surface area contributed by atoms with Gasteiger partial charge in [0.15, 0.2) is 12.4 Å². The molecule has 27 heavy (non-hydrogen) atoms. The van der Waals surface area contributed by atoms with Crippen LogP contribution in [-0.4, -0.2) is 30.8 Å². The van der Waals surface area contributed by atoms with Crippen LogP contribution in [-0.2, 0) is 16.1 Å². The second-order valence-corrected chi connectivity index (χ2v) is 6.75. The number of rotatable bonds is 8. The molecule has 0 atom stereocenters. The van der Waals surface area contributed by atoms with Crippen molar-refractivity contribution in [1.82, 2.24) is 4.57 Å². The topological polar surface area (TPSA) is 76.3 Å². The van der Waals surface area contributed by atoms with E-state index in [4.69, 9.17) is 32.7 Å². The Morgan fingerprint density at radius 3 is 2.56 bits per heavy atom. The average Bonchev–Trinajstić information content (AvgIpc) is 2.85. The number of aromatic nitrogens is 1. The number of methoxy groups -OCH3 is 1. The summed E-state index contributed by atoms with van der Waals surface area (Å²) in [6, 6.07) is 7.11. The minimum absolute atomic E-state index is 0.249. The molecule has 1 aromatic carbocycles. The van der Waals surface area contributed by atoms with Crippen LogP contribution in [0.1, 0.15) is 23.2 Å². The normalized spacial score (nSPS) is 10.5. The number of anilines is 1. The number of nitriles is 1. The van der Waals surface area contributed by atoms with Gasteiger partial charge in [0.05, 0.1) is 15.6 Å². The molecule has 0 saturated carbocycles. The maximum atomic E-state index is 12.4. The molecule has 1 N–H and O–H groups in total. The monoisotopic (exact) mass is 409 g/mol. The van der Waals surface area contributed by atoms with Crippen LogP contribution in [0.3, 0.4) is 0 Å².